The molecule has 1 aromatic carbocycles. The molecule has 0 spiro atoms. The first kappa shape index (κ1) is 12.1. The van der Waals surface area contributed by atoms with Crippen LogP contribution in [0.25, 0.3) is 0 Å². The molecule has 0 aliphatic carbocycles. The molecule has 0 radical (unpaired) electrons. The van der Waals surface area contributed by atoms with E-state index in [0.29, 0.717) is 5.88 Å². The van der Waals surface area contributed by atoms with Crippen molar-refractivity contribution in [2.24, 2.45) is 0 Å². The normalized spacial score (nSPS) is 10.5. The van der Waals surface area contributed by atoms with Gasteiger partial charge in [-0.15, -0.1) is 11.6 Å². The van der Waals surface area contributed by atoms with Crippen molar-refractivity contribution >= 4 is 27.5 Å². The van der Waals surface area contributed by atoms with E-state index in [1.165, 1.54) is 23.1 Å². The maximum absolute atomic E-state index is 5.81. The minimum Gasteiger partial charge on any atom is -0.122 e. The summed E-state index contributed by atoms with van der Waals surface area (Å²) < 4.78 is 0. The molecule has 0 saturated heterocycles. The molecular weight excluding hydrogens is 259 g/mol. The Morgan fingerprint density at radius 2 is 2.07 bits per heavy atom. The number of hydrogen-bond acceptors (Lipinski definition) is 0. The van der Waals surface area contributed by atoms with Gasteiger partial charge in [0.1, 0.15) is 0 Å². The van der Waals surface area contributed by atoms with E-state index in [-0.39, 0.29) is 0 Å². The molecule has 0 aliphatic heterocycles. The average Bonchev–Trinajstić information content (AvgIpc) is 2.26. The Bertz CT molecular complexity index is 284. The molecule has 0 heterocycles. The van der Waals surface area contributed by atoms with E-state index in [9.17, 15) is 0 Å². The Morgan fingerprint density at radius 3 is 2.64 bits per heavy atom. The van der Waals surface area contributed by atoms with Crippen molar-refractivity contribution in [1.82, 2.24) is 0 Å². The Morgan fingerprint density at radius 1 is 1.29 bits per heavy atom. The van der Waals surface area contributed by atoms with Crippen LogP contribution in [0.3, 0.4) is 0 Å². The van der Waals surface area contributed by atoms with Crippen LogP contribution in [0.5, 0.6) is 0 Å². The molecule has 0 fully saturated rings. The lowest BCUT2D eigenvalue weighted by molar-refractivity contribution is 0.912. The zero-order chi connectivity index (χ0) is 10.4. The second-order valence-corrected chi connectivity index (χ2v) is 4.44. The summed E-state index contributed by atoms with van der Waals surface area (Å²) in [4.78, 5) is 0. The fourth-order valence-electron chi connectivity index (χ4n) is 1.59. The van der Waals surface area contributed by atoms with Gasteiger partial charge in [0.15, 0.2) is 0 Å². The van der Waals surface area contributed by atoms with Gasteiger partial charge in [-0.2, -0.15) is 0 Å². The predicted octanol–water partition coefficient (Wildman–Crippen LogP) is 4.32. The molecular formula is C12H16BrCl. The monoisotopic (exact) mass is 274 g/mol. The second-order valence-electron chi connectivity index (χ2n) is 3.38. The molecule has 0 saturated carbocycles. The third-order valence-corrected chi connectivity index (χ3v) is 3.25. The van der Waals surface area contributed by atoms with Crippen molar-refractivity contribution in [3.8, 4) is 0 Å². The fourth-order valence-corrected chi connectivity index (χ4v) is 2.04. The Kier molecular flexibility index (Phi) is 5.57. The van der Waals surface area contributed by atoms with Crippen LogP contribution in [0.1, 0.15) is 30.0 Å². The van der Waals surface area contributed by atoms with Crippen LogP contribution in [0, 0.1) is 0 Å². The van der Waals surface area contributed by atoms with Gasteiger partial charge >= 0.3 is 0 Å². The smallest absolute Gasteiger partial charge is 0.0474 e. The Labute approximate surface area is 99.8 Å². The van der Waals surface area contributed by atoms with Crippen LogP contribution < -0.4 is 0 Å². The highest BCUT2D eigenvalue weighted by Crippen LogP contribution is 2.16. The third kappa shape index (κ3) is 3.29. The summed E-state index contributed by atoms with van der Waals surface area (Å²) >= 11 is 9.27. The molecule has 2 heteroatoms. The number of halogens is 2. The Balaban J connectivity index is 2.82. The lowest BCUT2D eigenvalue weighted by atomic mass is 9.99. The zero-order valence-electron chi connectivity index (χ0n) is 8.52. The van der Waals surface area contributed by atoms with Crippen molar-refractivity contribution in [1.29, 1.82) is 0 Å². The average molecular weight is 276 g/mol. The predicted molar refractivity (Wildman–Crippen MR) is 67.5 cm³/mol. The summed E-state index contributed by atoms with van der Waals surface area (Å²) in [5.74, 6) is 0.617. The van der Waals surface area contributed by atoms with E-state index < -0.39 is 0 Å². The summed E-state index contributed by atoms with van der Waals surface area (Å²) in [7, 11) is 0. The van der Waals surface area contributed by atoms with E-state index in [1.54, 1.807) is 0 Å². The van der Waals surface area contributed by atoms with Crippen molar-refractivity contribution in [3.05, 3.63) is 34.9 Å². The quantitative estimate of drug-likeness (QED) is 0.702. The zero-order valence-corrected chi connectivity index (χ0v) is 10.9. The van der Waals surface area contributed by atoms with Gasteiger partial charge in [0.05, 0.1) is 0 Å². The first-order valence-corrected chi connectivity index (χ1v) is 6.70. The van der Waals surface area contributed by atoms with E-state index >= 15 is 0 Å². The number of benzene rings is 1. The number of aryl methyl sites for hydroxylation is 2. The number of rotatable bonds is 5. The van der Waals surface area contributed by atoms with Crippen LogP contribution >= 0.6 is 27.5 Å². The van der Waals surface area contributed by atoms with Crippen molar-refractivity contribution in [2.75, 3.05) is 5.33 Å². The summed E-state index contributed by atoms with van der Waals surface area (Å²) in [5.41, 5.74) is 4.15. The van der Waals surface area contributed by atoms with E-state index in [0.717, 1.165) is 18.2 Å². The maximum atomic E-state index is 5.81. The van der Waals surface area contributed by atoms with Gasteiger partial charge in [0, 0.05) is 11.2 Å². The van der Waals surface area contributed by atoms with Crippen LogP contribution in [0.15, 0.2) is 18.2 Å². The molecule has 1 rings (SSSR count). The first-order valence-electron chi connectivity index (χ1n) is 5.04. The molecule has 0 atom stereocenters. The molecule has 1 aromatic rings. The summed E-state index contributed by atoms with van der Waals surface area (Å²) in [6, 6.07) is 6.59. The fraction of sp³-hybridized carbons (Fsp3) is 0.500. The third-order valence-electron chi connectivity index (χ3n) is 2.39. The lowest BCUT2D eigenvalue weighted by Crippen LogP contribution is -1.95. The van der Waals surface area contributed by atoms with Crippen molar-refractivity contribution < 1.29 is 0 Å². The maximum Gasteiger partial charge on any atom is 0.0474 e. The first-order chi connectivity index (χ1) is 6.81. The van der Waals surface area contributed by atoms with Gasteiger partial charge in [-0.3, -0.25) is 0 Å². The minimum absolute atomic E-state index is 0.617. The largest absolute Gasteiger partial charge is 0.122 e. The molecule has 14 heavy (non-hydrogen) atoms. The van der Waals surface area contributed by atoms with Crippen LogP contribution in [-0.2, 0) is 18.7 Å². The highest BCUT2D eigenvalue weighted by Gasteiger charge is 2.01. The van der Waals surface area contributed by atoms with Gasteiger partial charge in [0.2, 0.25) is 0 Å². The van der Waals surface area contributed by atoms with E-state index in [4.69, 9.17) is 11.6 Å². The molecule has 78 valence electrons. The topological polar surface area (TPSA) is 0 Å². The van der Waals surface area contributed by atoms with Gasteiger partial charge in [-0.25, -0.2) is 0 Å². The Hall–Kier alpha value is -0.0100. The van der Waals surface area contributed by atoms with Gasteiger partial charge in [0.25, 0.3) is 0 Å². The molecule has 0 nitrogen and oxygen atoms in total. The summed E-state index contributed by atoms with van der Waals surface area (Å²) in [5, 5.41) is 1.08. The van der Waals surface area contributed by atoms with Crippen LogP contribution in [0.4, 0.5) is 0 Å². The molecule has 0 unspecified atom stereocenters. The van der Waals surface area contributed by atoms with E-state index in [2.05, 4.69) is 41.1 Å². The van der Waals surface area contributed by atoms with E-state index in [1.807, 2.05) is 0 Å². The van der Waals surface area contributed by atoms with Gasteiger partial charge in [-0.1, -0.05) is 41.1 Å². The summed E-state index contributed by atoms with van der Waals surface area (Å²) in [6.07, 6.45) is 3.46. The highest BCUT2D eigenvalue weighted by molar-refractivity contribution is 9.09. The van der Waals surface area contributed by atoms with Crippen LogP contribution in [-0.4, -0.2) is 5.33 Å². The van der Waals surface area contributed by atoms with Gasteiger partial charge < -0.3 is 0 Å². The van der Waals surface area contributed by atoms with Crippen molar-refractivity contribution in [3.63, 3.8) is 0 Å². The summed E-state index contributed by atoms with van der Waals surface area (Å²) in [6.45, 7) is 2.20. The highest BCUT2D eigenvalue weighted by atomic mass is 79.9. The molecule has 0 amide bonds. The lowest BCUT2D eigenvalue weighted by Gasteiger charge is -2.08. The van der Waals surface area contributed by atoms with Crippen molar-refractivity contribution in [2.45, 2.75) is 32.1 Å². The molecule has 0 aliphatic rings. The molecule has 0 bridgehead atoms. The van der Waals surface area contributed by atoms with Gasteiger partial charge in [-0.05, 0) is 36.0 Å². The second kappa shape index (κ2) is 6.47. The molecule has 0 N–H and O–H groups in total. The minimum atomic E-state index is 0.617. The number of alkyl halides is 2. The molecule has 0 aromatic heterocycles. The SMILES string of the molecule is CCc1cc(CCl)ccc1CCCBr. The standard InChI is InChI=1S/C12H16BrCl/c1-2-11-8-10(9-14)5-6-12(11)4-3-7-13/h5-6,8H,2-4,7,9H2,1H3. The van der Waals surface area contributed by atoms with Crippen LogP contribution in [0.2, 0.25) is 0 Å². The number of hydrogen-bond donors (Lipinski definition) is 0.